The zero-order valence-corrected chi connectivity index (χ0v) is 15.8. The van der Waals surface area contributed by atoms with Gasteiger partial charge in [0, 0.05) is 37.9 Å². The maximum atomic E-state index is 12.4. The van der Waals surface area contributed by atoms with E-state index in [1.807, 2.05) is 6.92 Å². The summed E-state index contributed by atoms with van der Waals surface area (Å²) in [7, 11) is 0. The molecule has 0 spiro atoms. The third-order valence-corrected chi connectivity index (χ3v) is 5.62. The fraction of sp³-hybridized carbons (Fsp3) is 0.600. The Morgan fingerprint density at radius 3 is 2.38 bits per heavy atom. The van der Waals surface area contributed by atoms with E-state index in [4.69, 9.17) is 0 Å². The van der Waals surface area contributed by atoms with Gasteiger partial charge in [0.1, 0.15) is 0 Å². The number of rotatable bonds is 4. The minimum atomic E-state index is -0.354. The van der Waals surface area contributed by atoms with Crippen molar-refractivity contribution in [1.29, 1.82) is 0 Å². The number of carbonyl (C=O) groups is 2. The van der Waals surface area contributed by atoms with Crippen molar-refractivity contribution in [1.82, 2.24) is 15.5 Å². The van der Waals surface area contributed by atoms with Crippen LogP contribution in [-0.2, 0) is 4.79 Å². The van der Waals surface area contributed by atoms with Gasteiger partial charge in [0.05, 0.1) is 6.04 Å². The molecule has 0 bridgehead atoms. The number of para-hydroxylation sites is 1. The maximum Gasteiger partial charge on any atom is 0.321 e. The highest BCUT2D eigenvalue weighted by atomic mass is 16.2. The van der Waals surface area contributed by atoms with Crippen LogP contribution in [0.5, 0.6) is 0 Å². The molecule has 6 heteroatoms. The van der Waals surface area contributed by atoms with E-state index < -0.39 is 0 Å². The highest BCUT2D eigenvalue weighted by Crippen LogP contribution is 2.21. The molecule has 0 radical (unpaired) electrons. The number of amides is 3. The van der Waals surface area contributed by atoms with Gasteiger partial charge in [-0.1, -0.05) is 31.0 Å². The van der Waals surface area contributed by atoms with Crippen molar-refractivity contribution in [3.05, 3.63) is 29.8 Å². The fourth-order valence-electron chi connectivity index (χ4n) is 3.94. The Morgan fingerprint density at radius 2 is 1.73 bits per heavy atom. The van der Waals surface area contributed by atoms with Gasteiger partial charge < -0.3 is 10.2 Å². The van der Waals surface area contributed by atoms with Gasteiger partial charge in [-0.3, -0.25) is 15.0 Å². The zero-order valence-electron chi connectivity index (χ0n) is 15.8. The second-order valence-corrected chi connectivity index (χ2v) is 7.43. The van der Waals surface area contributed by atoms with E-state index in [0.717, 1.165) is 51.9 Å². The van der Waals surface area contributed by atoms with Crippen LogP contribution in [0.25, 0.3) is 0 Å². The number of carbonyl (C=O) groups excluding carboxylic acids is 2. The molecule has 2 aliphatic rings. The van der Waals surface area contributed by atoms with Crippen LogP contribution in [0.2, 0.25) is 0 Å². The van der Waals surface area contributed by atoms with Crippen LogP contribution >= 0.6 is 0 Å². The van der Waals surface area contributed by atoms with Gasteiger partial charge in [0.25, 0.3) is 0 Å². The van der Waals surface area contributed by atoms with Crippen molar-refractivity contribution < 1.29 is 9.59 Å². The minimum Gasteiger partial charge on any atom is -0.369 e. The first kappa shape index (κ1) is 18.7. The molecular weight excluding hydrogens is 328 g/mol. The van der Waals surface area contributed by atoms with Crippen molar-refractivity contribution in [3.63, 3.8) is 0 Å². The Balaban J connectivity index is 1.46. The normalized spacial score (nSPS) is 20.0. The van der Waals surface area contributed by atoms with Crippen LogP contribution in [0.15, 0.2) is 24.3 Å². The molecule has 142 valence electrons. The van der Waals surface area contributed by atoms with Crippen LogP contribution in [0.3, 0.4) is 0 Å². The van der Waals surface area contributed by atoms with Crippen molar-refractivity contribution in [2.75, 3.05) is 31.1 Å². The number of benzene rings is 1. The summed E-state index contributed by atoms with van der Waals surface area (Å²) >= 11 is 0. The highest BCUT2D eigenvalue weighted by molar-refractivity contribution is 5.96. The molecule has 1 aromatic carbocycles. The summed E-state index contributed by atoms with van der Waals surface area (Å²) in [6.07, 6.45) is 4.33. The van der Waals surface area contributed by atoms with Gasteiger partial charge in [-0.15, -0.1) is 0 Å². The third-order valence-electron chi connectivity index (χ3n) is 5.62. The molecular formula is C20H30N4O2. The Labute approximate surface area is 155 Å². The van der Waals surface area contributed by atoms with Crippen molar-refractivity contribution in [3.8, 4) is 0 Å². The predicted octanol–water partition coefficient (Wildman–Crippen LogP) is 2.27. The molecule has 1 atom stereocenters. The van der Waals surface area contributed by atoms with Gasteiger partial charge in [0.2, 0.25) is 5.91 Å². The number of nitrogens with one attached hydrogen (secondary N) is 2. The molecule has 3 amide bonds. The number of hydrogen-bond acceptors (Lipinski definition) is 4. The van der Waals surface area contributed by atoms with E-state index in [0.29, 0.717) is 0 Å². The Morgan fingerprint density at radius 1 is 1.08 bits per heavy atom. The summed E-state index contributed by atoms with van der Waals surface area (Å²) in [5, 5.41) is 5.42. The number of anilines is 1. The second-order valence-electron chi connectivity index (χ2n) is 7.43. The minimum absolute atomic E-state index is 0.218. The van der Waals surface area contributed by atoms with Gasteiger partial charge in [0.15, 0.2) is 0 Å². The molecule has 1 aliphatic carbocycles. The SMILES string of the molecule is Cc1ccccc1N1CCN(C(C)C(=O)NC(=O)NC2CCCC2)CC1. The molecule has 1 saturated heterocycles. The molecule has 26 heavy (non-hydrogen) atoms. The summed E-state index contributed by atoms with van der Waals surface area (Å²) in [4.78, 5) is 28.9. The number of hydrogen-bond donors (Lipinski definition) is 2. The molecule has 6 nitrogen and oxygen atoms in total. The number of urea groups is 1. The summed E-state index contributed by atoms with van der Waals surface area (Å²) in [5.74, 6) is -0.218. The Bertz CT molecular complexity index is 634. The van der Waals surface area contributed by atoms with E-state index in [-0.39, 0.29) is 24.0 Å². The highest BCUT2D eigenvalue weighted by Gasteiger charge is 2.27. The summed E-state index contributed by atoms with van der Waals surface area (Å²) in [6.45, 7) is 7.40. The monoisotopic (exact) mass is 358 g/mol. The number of piperazine rings is 1. The summed E-state index contributed by atoms with van der Waals surface area (Å²) in [5.41, 5.74) is 2.54. The Hall–Kier alpha value is -2.08. The van der Waals surface area contributed by atoms with E-state index in [9.17, 15) is 9.59 Å². The van der Waals surface area contributed by atoms with Gasteiger partial charge >= 0.3 is 6.03 Å². The zero-order chi connectivity index (χ0) is 18.5. The molecule has 2 fully saturated rings. The van der Waals surface area contributed by atoms with Gasteiger partial charge in [-0.05, 0) is 38.3 Å². The number of imide groups is 1. The molecule has 3 rings (SSSR count). The smallest absolute Gasteiger partial charge is 0.321 e. The van der Waals surface area contributed by atoms with Crippen molar-refractivity contribution in [2.24, 2.45) is 0 Å². The molecule has 1 heterocycles. The summed E-state index contributed by atoms with van der Waals surface area (Å²) < 4.78 is 0. The molecule has 1 unspecified atom stereocenters. The molecule has 1 saturated carbocycles. The van der Waals surface area contributed by atoms with E-state index in [1.165, 1.54) is 11.3 Å². The molecule has 0 aromatic heterocycles. The van der Waals surface area contributed by atoms with Crippen molar-refractivity contribution in [2.45, 2.75) is 51.6 Å². The van der Waals surface area contributed by atoms with Crippen LogP contribution in [0.4, 0.5) is 10.5 Å². The number of aryl methyl sites for hydroxylation is 1. The van der Waals surface area contributed by atoms with Crippen LogP contribution in [-0.4, -0.2) is 55.1 Å². The first-order chi connectivity index (χ1) is 12.5. The van der Waals surface area contributed by atoms with Gasteiger partial charge in [-0.25, -0.2) is 4.79 Å². The standard InChI is InChI=1S/C20H30N4O2/c1-15-7-3-6-10-18(15)24-13-11-23(12-14-24)16(2)19(25)22-20(26)21-17-8-4-5-9-17/h3,6-7,10,16-17H,4-5,8-9,11-14H2,1-2H3,(H2,21,22,25,26). The maximum absolute atomic E-state index is 12.4. The lowest BCUT2D eigenvalue weighted by Gasteiger charge is -2.39. The van der Waals surface area contributed by atoms with Crippen LogP contribution in [0, 0.1) is 6.92 Å². The summed E-state index contributed by atoms with van der Waals surface area (Å²) in [6, 6.07) is 7.95. The van der Waals surface area contributed by atoms with E-state index in [1.54, 1.807) is 0 Å². The predicted molar refractivity (Wildman–Crippen MR) is 103 cm³/mol. The Kier molecular flexibility index (Phi) is 6.14. The quantitative estimate of drug-likeness (QED) is 0.867. The average Bonchev–Trinajstić information content (AvgIpc) is 3.14. The topological polar surface area (TPSA) is 64.7 Å². The van der Waals surface area contributed by atoms with E-state index >= 15 is 0 Å². The third kappa shape index (κ3) is 4.55. The molecule has 1 aliphatic heterocycles. The average molecular weight is 358 g/mol. The van der Waals surface area contributed by atoms with E-state index in [2.05, 4.69) is 51.6 Å². The lowest BCUT2D eigenvalue weighted by Crippen LogP contribution is -2.56. The van der Waals surface area contributed by atoms with Crippen LogP contribution < -0.4 is 15.5 Å². The second kappa shape index (κ2) is 8.54. The van der Waals surface area contributed by atoms with Gasteiger partial charge in [-0.2, -0.15) is 0 Å². The largest absolute Gasteiger partial charge is 0.369 e. The lowest BCUT2D eigenvalue weighted by molar-refractivity contribution is -0.124. The first-order valence-electron chi connectivity index (χ1n) is 9.70. The lowest BCUT2D eigenvalue weighted by atomic mass is 10.1. The number of nitrogens with zero attached hydrogens (tertiary/aromatic N) is 2. The fourth-order valence-corrected chi connectivity index (χ4v) is 3.94. The first-order valence-corrected chi connectivity index (χ1v) is 9.70. The van der Waals surface area contributed by atoms with Crippen molar-refractivity contribution >= 4 is 17.6 Å². The molecule has 2 N–H and O–H groups in total. The van der Waals surface area contributed by atoms with Crippen LogP contribution in [0.1, 0.15) is 38.2 Å². The molecule has 1 aromatic rings.